The van der Waals surface area contributed by atoms with Crippen LogP contribution in [0.2, 0.25) is 0 Å². The molecule has 2 heterocycles. The highest BCUT2D eigenvalue weighted by Crippen LogP contribution is 2.34. The van der Waals surface area contributed by atoms with Gasteiger partial charge < -0.3 is 0 Å². The molecular weight excluding hydrogens is 438 g/mol. The van der Waals surface area contributed by atoms with Crippen LogP contribution >= 0.6 is 0 Å². The first-order valence-electron chi connectivity index (χ1n) is 12.4. The summed E-state index contributed by atoms with van der Waals surface area (Å²) in [5, 5.41) is 21.5. The first-order chi connectivity index (χ1) is 17.1. The third-order valence-electron chi connectivity index (χ3n) is 6.87. The molecule has 0 amide bonds. The molecule has 180 valence electrons. The molecule has 0 aliphatic heterocycles. The minimum Gasteiger partial charge on any atom is -0.290 e. The number of hydrogen-bond acceptors (Lipinski definition) is 6. The molecule has 0 saturated heterocycles. The standard InChI is InChI=1S/C27H31N7O/c1-17(2)14-19-6-5-7-21(15-19)25(35)27-28-24(29-30-27)16-18-10-12-20(13-11-18)22-8-3-4-9-23(22)26-31-33-34-32-26/h3-4,8-13,17,19,21H,5-7,14-16H2,1-2H3,(H,28,29,30)(H,31,32,33,34). The number of aromatic nitrogens is 7. The molecule has 8 nitrogen and oxygen atoms in total. The third-order valence-corrected chi connectivity index (χ3v) is 6.87. The summed E-state index contributed by atoms with van der Waals surface area (Å²) in [5.41, 5.74) is 4.16. The number of Topliss-reactive ketones (excluding diaryl/α,β-unsaturated/α-hetero) is 1. The number of ketones is 1. The van der Waals surface area contributed by atoms with Gasteiger partial charge in [-0.1, -0.05) is 75.2 Å². The molecule has 1 aliphatic rings. The van der Waals surface area contributed by atoms with Crippen LogP contribution < -0.4 is 0 Å². The zero-order valence-electron chi connectivity index (χ0n) is 20.2. The lowest BCUT2D eigenvalue weighted by Gasteiger charge is -2.28. The predicted molar refractivity (Wildman–Crippen MR) is 133 cm³/mol. The van der Waals surface area contributed by atoms with Gasteiger partial charge in [0.2, 0.25) is 11.6 Å². The molecule has 1 aliphatic carbocycles. The summed E-state index contributed by atoms with van der Waals surface area (Å²) < 4.78 is 0. The van der Waals surface area contributed by atoms with Crippen molar-refractivity contribution in [1.29, 1.82) is 0 Å². The van der Waals surface area contributed by atoms with E-state index >= 15 is 0 Å². The van der Waals surface area contributed by atoms with Crippen molar-refractivity contribution in [3.63, 3.8) is 0 Å². The van der Waals surface area contributed by atoms with E-state index in [2.05, 4.69) is 80.0 Å². The second-order valence-corrected chi connectivity index (χ2v) is 10.00. The molecule has 0 spiro atoms. The van der Waals surface area contributed by atoms with E-state index < -0.39 is 0 Å². The second kappa shape index (κ2) is 10.3. The Morgan fingerprint density at radius 2 is 1.83 bits per heavy atom. The molecule has 2 N–H and O–H groups in total. The van der Waals surface area contributed by atoms with Gasteiger partial charge in [0.1, 0.15) is 5.82 Å². The van der Waals surface area contributed by atoms with Gasteiger partial charge in [-0.3, -0.25) is 9.89 Å². The van der Waals surface area contributed by atoms with Gasteiger partial charge in [0.15, 0.2) is 5.82 Å². The number of nitrogens with one attached hydrogen (secondary N) is 2. The van der Waals surface area contributed by atoms with Gasteiger partial charge >= 0.3 is 0 Å². The quantitative estimate of drug-likeness (QED) is 0.340. The van der Waals surface area contributed by atoms with Gasteiger partial charge in [0.25, 0.3) is 0 Å². The SMILES string of the molecule is CC(C)CC1CCCC(C(=O)c2n[nH]c(Cc3ccc(-c4ccccc4-c4nnn[nH]4)cc3)n2)C1. The topological polar surface area (TPSA) is 113 Å². The fourth-order valence-electron chi connectivity index (χ4n) is 5.29. The Labute approximate surface area is 205 Å². The Kier molecular flexibility index (Phi) is 6.79. The van der Waals surface area contributed by atoms with E-state index in [-0.39, 0.29) is 11.7 Å². The molecule has 35 heavy (non-hydrogen) atoms. The predicted octanol–water partition coefficient (Wildman–Crippen LogP) is 5.28. The highest BCUT2D eigenvalue weighted by Gasteiger charge is 2.30. The number of aromatic amines is 2. The number of hydrogen-bond donors (Lipinski definition) is 2. The van der Waals surface area contributed by atoms with Crippen molar-refractivity contribution in [1.82, 2.24) is 35.8 Å². The maximum Gasteiger partial charge on any atom is 0.217 e. The molecule has 5 rings (SSSR count). The van der Waals surface area contributed by atoms with Crippen molar-refractivity contribution in [3.8, 4) is 22.5 Å². The van der Waals surface area contributed by atoms with Crippen LogP contribution in [-0.4, -0.2) is 41.6 Å². The third kappa shape index (κ3) is 5.37. The van der Waals surface area contributed by atoms with Crippen LogP contribution in [0.1, 0.15) is 68.0 Å². The molecule has 0 radical (unpaired) electrons. The van der Waals surface area contributed by atoms with Crippen molar-refractivity contribution in [2.45, 2.75) is 52.4 Å². The van der Waals surface area contributed by atoms with Gasteiger partial charge in [-0.25, -0.2) is 10.1 Å². The van der Waals surface area contributed by atoms with Crippen LogP contribution in [-0.2, 0) is 6.42 Å². The Morgan fingerprint density at radius 1 is 1.03 bits per heavy atom. The zero-order chi connectivity index (χ0) is 24.2. The monoisotopic (exact) mass is 469 g/mol. The van der Waals surface area contributed by atoms with Crippen molar-refractivity contribution in [2.24, 2.45) is 17.8 Å². The molecule has 2 atom stereocenters. The fourth-order valence-corrected chi connectivity index (χ4v) is 5.29. The highest BCUT2D eigenvalue weighted by atomic mass is 16.1. The Morgan fingerprint density at radius 3 is 2.57 bits per heavy atom. The van der Waals surface area contributed by atoms with Gasteiger partial charge in [0.05, 0.1) is 0 Å². The number of benzene rings is 2. The van der Waals surface area contributed by atoms with E-state index in [0.29, 0.717) is 35.7 Å². The molecule has 0 bridgehead atoms. The van der Waals surface area contributed by atoms with Crippen molar-refractivity contribution < 1.29 is 4.79 Å². The summed E-state index contributed by atoms with van der Waals surface area (Å²) in [6, 6.07) is 16.3. The summed E-state index contributed by atoms with van der Waals surface area (Å²) in [4.78, 5) is 17.6. The van der Waals surface area contributed by atoms with Crippen LogP contribution in [0.5, 0.6) is 0 Å². The molecule has 8 heteroatoms. The average molecular weight is 470 g/mol. The summed E-state index contributed by atoms with van der Waals surface area (Å²) in [6.07, 6.45) is 6.05. The van der Waals surface area contributed by atoms with Crippen molar-refractivity contribution >= 4 is 5.78 Å². The summed E-state index contributed by atoms with van der Waals surface area (Å²) in [5.74, 6) is 3.13. The number of carbonyl (C=O) groups excluding carboxylic acids is 1. The summed E-state index contributed by atoms with van der Waals surface area (Å²) in [7, 11) is 0. The first-order valence-corrected chi connectivity index (χ1v) is 12.4. The number of nitrogens with zero attached hydrogens (tertiary/aromatic N) is 5. The first kappa shape index (κ1) is 23.1. The Hall–Kier alpha value is -3.68. The van der Waals surface area contributed by atoms with Crippen LogP contribution in [0.25, 0.3) is 22.5 Å². The lowest BCUT2D eigenvalue weighted by Crippen LogP contribution is -2.24. The normalized spacial score (nSPS) is 18.1. The fraction of sp³-hybridized carbons (Fsp3) is 0.407. The summed E-state index contributed by atoms with van der Waals surface area (Å²) >= 11 is 0. The van der Waals surface area contributed by atoms with Crippen molar-refractivity contribution in [3.05, 3.63) is 65.7 Å². The summed E-state index contributed by atoms with van der Waals surface area (Å²) in [6.45, 7) is 4.51. The lowest BCUT2D eigenvalue weighted by atomic mass is 9.76. The molecular formula is C27H31N7O. The Bertz CT molecular complexity index is 1260. The minimum absolute atomic E-state index is 0.0510. The molecule has 2 aromatic heterocycles. The van der Waals surface area contributed by atoms with E-state index in [1.807, 2.05) is 18.2 Å². The van der Waals surface area contributed by atoms with E-state index in [9.17, 15) is 4.79 Å². The number of H-pyrrole nitrogens is 2. The molecule has 1 saturated carbocycles. The average Bonchev–Trinajstić information content (AvgIpc) is 3.57. The number of tetrazole rings is 1. The van der Waals surface area contributed by atoms with E-state index in [1.165, 1.54) is 12.8 Å². The number of carbonyl (C=O) groups is 1. The van der Waals surface area contributed by atoms with Crippen LogP contribution in [0.3, 0.4) is 0 Å². The maximum absolute atomic E-state index is 13.1. The van der Waals surface area contributed by atoms with Gasteiger partial charge in [0, 0.05) is 17.9 Å². The smallest absolute Gasteiger partial charge is 0.217 e. The second-order valence-electron chi connectivity index (χ2n) is 10.00. The minimum atomic E-state index is 0.0510. The molecule has 4 aromatic rings. The Balaban J connectivity index is 1.26. The van der Waals surface area contributed by atoms with Crippen molar-refractivity contribution in [2.75, 3.05) is 0 Å². The molecule has 1 fully saturated rings. The largest absolute Gasteiger partial charge is 0.290 e. The maximum atomic E-state index is 13.1. The highest BCUT2D eigenvalue weighted by molar-refractivity contribution is 5.94. The number of rotatable bonds is 8. The van der Waals surface area contributed by atoms with Gasteiger partial charge in [-0.2, -0.15) is 5.10 Å². The van der Waals surface area contributed by atoms with E-state index in [1.54, 1.807) is 0 Å². The molecule has 2 unspecified atom stereocenters. The van der Waals surface area contributed by atoms with Crippen LogP contribution in [0, 0.1) is 17.8 Å². The zero-order valence-corrected chi connectivity index (χ0v) is 20.2. The van der Waals surface area contributed by atoms with Gasteiger partial charge in [-0.15, -0.1) is 5.10 Å². The van der Waals surface area contributed by atoms with E-state index in [4.69, 9.17) is 0 Å². The van der Waals surface area contributed by atoms with Crippen LogP contribution in [0.4, 0.5) is 0 Å². The molecule has 2 aromatic carbocycles. The van der Waals surface area contributed by atoms with E-state index in [0.717, 1.165) is 41.5 Å². The van der Waals surface area contributed by atoms with Gasteiger partial charge in [-0.05, 0) is 58.2 Å². The van der Waals surface area contributed by atoms with Crippen LogP contribution in [0.15, 0.2) is 48.5 Å². The lowest BCUT2D eigenvalue weighted by molar-refractivity contribution is 0.0844.